The van der Waals surface area contributed by atoms with Gasteiger partial charge in [0.1, 0.15) is 15.7 Å². The molecule has 258 valence electrons. The van der Waals surface area contributed by atoms with Crippen molar-refractivity contribution < 1.29 is 4.92 Å². The van der Waals surface area contributed by atoms with Crippen molar-refractivity contribution in [1.82, 2.24) is 9.13 Å². The van der Waals surface area contributed by atoms with E-state index in [-0.39, 0.29) is 10.6 Å². The van der Waals surface area contributed by atoms with Crippen LogP contribution in [0.15, 0.2) is 176 Å². The van der Waals surface area contributed by atoms with Crippen molar-refractivity contribution in [2.75, 3.05) is 0 Å². The van der Waals surface area contributed by atoms with Gasteiger partial charge >= 0.3 is 0 Å². The zero-order chi connectivity index (χ0) is 37.2. The van der Waals surface area contributed by atoms with Crippen molar-refractivity contribution in [3.8, 4) is 44.8 Å². The van der Waals surface area contributed by atoms with E-state index in [1.54, 1.807) is 12.1 Å². The van der Waals surface area contributed by atoms with Gasteiger partial charge in [-0.3, -0.25) is 10.1 Å². The zero-order valence-corrected chi connectivity index (χ0v) is 30.4. The molecule has 0 spiro atoms. The maximum absolute atomic E-state index is 12.3. The molecule has 10 aromatic rings. The summed E-state index contributed by atoms with van der Waals surface area (Å²) in [7, 11) is 4.26. The van der Waals surface area contributed by atoms with Crippen LogP contribution in [0.5, 0.6) is 0 Å². The maximum atomic E-state index is 12.3. The Morgan fingerprint density at radius 1 is 0.400 bits per heavy atom. The van der Waals surface area contributed by atoms with E-state index in [9.17, 15) is 10.1 Å². The summed E-state index contributed by atoms with van der Waals surface area (Å²) in [6.07, 6.45) is 0. The monoisotopic (exact) mass is 705 g/mol. The molecule has 0 unspecified atom stereocenters. The molecule has 0 atom stereocenters. The number of benzene rings is 8. The fourth-order valence-electron chi connectivity index (χ4n) is 8.34. The molecular weight excluding hydrogens is 672 g/mol. The van der Waals surface area contributed by atoms with Crippen molar-refractivity contribution in [3.63, 3.8) is 0 Å². The average Bonchev–Trinajstić information content (AvgIpc) is 3.72. The van der Waals surface area contributed by atoms with Gasteiger partial charge < -0.3 is 9.13 Å². The van der Waals surface area contributed by atoms with E-state index in [4.69, 9.17) is 0 Å². The smallest absolute Gasteiger partial charge is 0.277 e. The number of aromatic nitrogens is 2. The number of hydrogen-bond acceptors (Lipinski definition) is 2. The molecule has 0 saturated heterocycles. The molecule has 2 aromatic heterocycles. The van der Waals surface area contributed by atoms with Crippen LogP contribution in [0.25, 0.3) is 88.4 Å². The van der Waals surface area contributed by atoms with Gasteiger partial charge in [-0.1, -0.05) is 95.9 Å². The lowest BCUT2D eigenvalue weighted by atomic mass is 9.91. The summed E-state index contributed by atoms with van der Waals surface area (Å²) in [4.78, 5) is 12.1. The van der Waals surface area contributed by atoms with Gasteiger partial charge in [-0.2, -0.15) is 0 Å². The first-order valence-electron chi connectivity index (χ1n) is 18.5. The molecule has 0 fully saturated rings. The third-order valence-corrected chi connectivity index (χ3v) is 10.9. The highest BCUT2D eigenvalue weighted by atomic mass is 16.6. The Morgan fingerprint density at radius 3 is 1.27 bits per heavy atom. The molecule has 0 aliphatic heterocycles. The van der Waals surface area contributed by atoms with E-state index in [1.807, 2.05) is 24.3 Å². The number of para-hydroxylation sites is 3. The normalized spacial score (nSPS) is 11.6. The van der Waals surface area contributed by atoms with Gasteiger partial charge in [0, 0.05) is 39.0 Å². The lowest BCUT2D eigenvalue weighted by Crippen LogP contribution is -2.00. The van der Waals surface area contributed by atoms with Crippen LogP contribution >= 0.6 is 0 Å². The Balaban J connectivity index is 1.22. The van der Waals surface area contributed by atoms with Gasteiger partial charge in [0.25, 0.3) is 5.69 Å². The van der Waals surface area contributed by atoms with E-state index in [0.717, 1.165) is 72.0 Å². The quantitative estimate of drug-likeness (QED) is 0.0985. The summed E-state index contributed by atoms with van der Waals surface area (Å²) in [5.41, 5.74) is 14.7. The number of fused-ring (bicyclic) bond motifs is 6. The Hall–Kier alpha value is -7.11. The minimum atomic E-state index is -0.290. The number of hydrogen-bond donors (Lipinski definition) is 0. The predicted molar refractivity (Wildman–Crippen MR) is 234 cm³/mol. The number of nitro benzene ring substituents is 1. The molecule has 5 nitrogen and oxygen atoms in total. The van der Waals surface area contributed by atoms with Gasteiger partial charge in [0.05, 0.1) is 32.6 Å². The first kappa shape index (κ1) is 32.5. The summed E-state index contributed by atoms with van der Waals surface area (Å²) in [6, 6.07) is 61.0. The highest BCUT2D eigenvalue weighted by Crippen LogP contribution is 2.41. The second-order valence-corrected chi connectivity index (χ2v) is 14.4. The van der Waals surface area contributed by atoms with Gasteiger partial charge in [-0.05, 0) is 113 Å². The van der Waals surface area contributed by atoms with Crippen LogP contribution in [-0.4, -0.2) is 29.8 Å². The van der Waals surface area contributed by atoms with Crippen LogP contribution in [-0.2, 0) is 0 Å². The van der Waals surface area contributed by atoms with Crippen molar-refractivity contribution in [2.24, 2.45) is 0 Å². The highest BCUT2D eigenvalue weighted by Gasteiger charge is 2.19. The Labute approximate surface area is 319 Å². The number of nitrogens with zero attached hydrogens (tertiary/aromatic N) is 3. The molecule has 7 heteroatoms. The standard InChI is InChI=1S/C48H33B2N3O2/c49-35-17-21-46-42(28-35)40-26-30(15-19-44(40)51(46)37-9-3-1-4-10-37)32-23-33(25-34(24-32)39-13-7-8-14-48(39)53(54)55)31-16-20-45-41(27-31)43-29-36(50)18-22-47(43)52(45)38-11-5-2-6-12-38/h1-29H,49-50H2. The molecule has 0 aliphatic rings. The van der Waals surface area contributed by atoms with Crippen molar-refractivity contribution >= 4 is 75.9 Å². The van der Waals surface area contributed by atoms with E-state index in [1.165, 1.54) is 21.7 Å². The number of nitro groups is 1. The molecular formula is C48H33B2N3O2. The third kappa shape index (κ3) is 5.43. The fourth-order valence-corrected chi connectivity index (χ4v) is 8.34. The Kier molecular flexibility index (Phi) is 7.56. The van der Waals surface area contributed by atoms with Gasteiger partial charge in [-0.25, -0.2) is 0 Å². The van der Waals surface area contributed by atoms with E-state index in [0.29, 0.717) is 5.56 Å². The van der Waals surface area contributed by atoms with Crippen molar-refractivity contribution in [2.45, 2.75) is 0 Å². The molecule has 10 rings (SSSR count). The summed E-state index contributed by atoms with van der Waals surface area (Å²) in [6.45, 7) is 0. The van der Waals surface area contributed by atoms with E-state index >= 15 is 0 Å². The molecule has 0 N–H and O–H groups in total. The van der Waals surface area contributed by atoms with Gasteiger partial charge in [-0.15, -0.1) is 0 Å². The lowest BCUT2D eigenvalue weighted by molar-refractivity contribution is -0.384. The van der Waals surface area contributed by atoms with Gasteiger partial charge in [0.2, 0.25) is 0 Å². The van der Waals surface area contributed by atoms with Crippen LogP contribution in [0, 0.1) is 10.1 Å². The minimum Gasteiger partial charge on any atom is -0.309 e. The summed E-state index contributed by atoms with van der Waals surface area (Å²) >= 11 is 0. The van der Waals surface area contributed by atoms with Crippen LogP contribution in [0.1, 0.15) is 0 Å². The predicted octanol–water partition coefficient (Wildman–Crippen LogP) is 9.31. The molecule has 0 amide bonds. The fraction of sp³-hybridized carbons (Fsp3) is 0. The third-order valence-electron chi connectivity index (χ3n) is 10.9. The second-order valence-electron chi connectivity index (χ2n) is 14.4. The second kappa shape index (κ2) is 12.8. The summed E-state index contributed by atoms with van der Waals surface area (Å²) in [5.74, 6) is 0. The first-order chi connectivity index (χ1) is 26.9. The Morgan fingerprint density at radius 2 is 0.800 bits per heavy atom. The molecule has 2 heterocycles. The molecule has 0 radical (unpaired) electrons. The maximum Gasteiger partial charge on any atom is 0.277 e. The molecule has 0 aliphatic carbocycles. The topological polar surface area (TPSA) is 53.0 Å². The first-order valence-corrected chi connectivity index (χ1v) is 18.5. The van der Waals surface area contributed by atoms with Crippen molar-refractivity contribution in [1.29, 1.82) is 0 Å². The van der Waals surface area contributed by atoms with Crippen molar-refractivity contribution in [3.05, 3.63) is 186 Å². The minimum absolute atomic E-state index is 0.0827. The largest absolute Gasteiger partial charge is 0.309 e. The lowest BCUT2D eigenvalue weighted by Gasteiger charge is -2.13. The van der Waals surface area contributed by atoms with Crippen LogP contribution < -0.4 is 10.9 Å². The van der Waals surface area contributed by atoms with E-state index in [2.05, 4.69) is 164 Å². The highest BCUT2D eigenvalue weighted by molar-refractivity contribution is 6.34. The average molecular weight is 705 g/mol. The molecule has 0 bridgehead atoms. The zero-order valence-electron chi connectivity index (χ0n) is 30.4. The molecule has 8 aromatic carbocycles. The summed E-state index contributed by atoms with van der Waals surface area (Å²) in [5, 5.41) is 17.0. The van der Waals surface area contributed by atoms with Gasteiger partial charge in [0.15, 0.2) is 0 Å². The SMILES string of the molecule is Bc1ccc2c(c1)c1cc(-c3cc(-c4ccc5c(c4)c4cc(B)ccc4n5-c4ccccc4)cc(-c4ccccc4[N+](=O)[O-])c3)ccc1n2-c1ccccc1. The Bertz CT molecular complexity index is 2970. The summed E-state index contributed by atoms with van der Waals surface area (Å²) < 4.78 is 4.65. The van der Waals surface area contributed by atoms with E-state index < -0.39 is 0 Å². The van der Waals surface area contributed by atoms with Crippen LogP contribution in [0.4, 0.5) is 5.69 Å². The molecule has 0 saturated carbocycles. The van der Waals surface area contributed by atoms with Crippen LogP contribution in [0.3, 0.4) is 0 Å². The number of rotatable bonds is 6. The molecule has 55 heavy (non-hydrogen) atoms. The van der Waals surface area contributed by atoms with Crippen LogP contribution in [0.2, 0.25) is 0 Å².